The Bertz CT molecular complexity index is 1470. The van der Waals surface area contributed by atoms with E-state index in [-0.39, 0.29) is 19.1 Å². The molecule has 0 aliphatic carbocycles. The van der Waals surface area contributed by atoms with Gasteiger partial charge in [0, 0.05) is 6.42 Å². The van der Waals surface area contributed by atoms with Crippen molar-refractivity contribution in [2.24, 2.45) is 0 Å². The van der Waals surface area contributed by atoms with E-state index in [2.05, 4.69) is 19.2 Å². The van der Waals surface area contributed by atoms with E-state index >= 15 is 0 Å². The Morgan fingerprint density at radius 2 is 0.600 bits per heavy atom. The summed E-state index contributed by atoms with van der Waals surface area (Å²) >= 11 is 0. The number of hydrogen-bond donors (Lipinski definition) is 2. The molecule has 0 bridgehead atoms. The molecular weight excluding hydrogens is 1130 g/mol. The fraction of sp³-hybridized carbons (Fsp3) is 0.963. The van der Waals surface area contributed by atoms with Crippen LogP contribution in [0.25, 0.3) is 0 Å². The maximum absolute atomic E-state index is 13.1. The average Bonchev–Trinajstić information content (AvgIpc) is 3.62. The van der Waals surface area contributed by atoms with Crippen molar-refractivity contribution < 1.29 is 32.9 Å². The highest BCUT2D eigenvalue weighted by Gasteiger charge is 2.23. The van der Waals surface area contributed by atoms with E-state index in [9.17, 15) is 19.4 Å². The van der Waals surface area contributed by atoms with Crippen LogP contribution in [0.4, 0.5) is 0 Å². The van der Waals surface area contributed by atoms with Crippen molar-refractivity contribution >= 4 is 13.7 Å². The fourth-order valence-electron chi connectivity index (χ4n) is 13.2. The summed E-state index contributed by atoms with van der Waals surface area (Å²) in [5, 5.41) is 14.0. The van der Waals surface area contributed by atoms with Crippen molar-refractivity contribution in [1.82, 2.24) is 5.32 Å². The monoisotopic (exact) mass is 1290 g/mol. The average molecular weight is 1290 g/mol. The van der Waals surface area contributed by atoms with Gasteiger partial charge in [0.1, 0.15) is 13.2 Å². The summed E-state index contributed by atoms with van der Waals surface area (Å²) in [6, 6.07) is -0.885. The zero-order valence-corrected chi connectivity index (χ0v) is 62.8. The van der Waals surface area contributed by atoms with Crippen molar-refractivity contribution in [2.75, 3.05) is 40.9 Å². The molecule has 0 aliphatic heterocycles. The first-order valence-electron chi connectivity index (χ1n) is 41.1. The van der Waals surface area contributed by atoms with Gasteiger partial charge in [-0.15, -0.1) is 0 Å². The van der Waals surface area contributed by atoms with Crippen LogP contribution >= 0.6 is 7.82 Å². The maximum atomic E-state index is 13.1. The number of aliphatic hydroxyl groups excluding tert-OH is 1. The number of nitrogens with zero attached hydrogens (tertiary/aromatic N) is 1. The Morgan fingerprint density at radius 1 is 0.378 bits per heavy atom. The van der Waals surface area contributed by atoms with E-state index < -0.39 is 20.0 Å². The lowest BCUT2D eigenvalue weighted by atomic mass is 10.0. The van der Waals surface area contributed by atoms with E-state index in [0.717, 1.165) is 38.5 Å². The number of rotatable bonds is 78. The smallest absolute Gasteiger partial charge is 0.268 e. The van der Waals surface area contributed by atoms with Crippen LogP contribution in [0.5, 0.6) is 0 Å². The molecule has 0 aromatic carbocycles. The minimum Gasteiger partial charge on any atom is -0.756 e. The molecule has 538 valence electrons. The summed E-state index contributed by atoms with van der Waals surface area (Å²) in [7, 11) is 1.29. The van der Waals surface area contributed by atoms with Crippen LogP contribution in [0, 0.1) is 0 Å². The minimum atomic E-state index is -4.60. The highest BCUT2D eigenvalue weighted by Crippen LogP contribution is 2.38. The number of hydrogen-bond acceptors (Lipinski definition) is 6. The minimum absolute atomic E-state index is 0.00316. The Morgan fingerprint density at radius 3 is 0.833 bits per heavy atom. The van der Waals surface area contributed by atoms with Gasteiger partial charge >= 0.3 is 0 Å². The van der Waals surface area contributed by atoms with Gasteiger partial charge in [0.25, 0.3) is 7.82 Å². The summed E-state index contributed by atoms with van der Waals surface area (Å²) in [4.78, 5) is 25.7. The van der Waals surface area contributed by atoms with Gasteiger partial charge in [-0.2, -0.15) is 0 Å². The molecule has 3 unspecified atom stereocenters. The van der Waals surface area contributed by atoms with Gasteiger partial charge in [-0.25, -0.2) is 0 Å². The van der Waals surface area contributed by atoms with Crippen molar-refractivity contribution in [2.45, 2.75) is 463 Å². The number of unbranched alkanes of at least 4 members (excludes halogenated alkanes) is 65. The highest BCUT2D eigenvalue weighted by molar-refractivity contribution is 7.45. The summed E-state index contributed by atoms with van der Waals surface area (Å²) in [5.74, 6) is -0.185. The van der Waals surface area contributed by atoms with E-state index in [0.29, 0.717) is 17.4 Å². The van der Waals surface area contributed by atoms with Gasteiger partial charge in [0.2, 0.25) is 5.91 Å². The second-order valence-electron chi connectivity index (χ2n) is 29.8. The third-order valence-electron chi connectivity index (χ3n) is 19.5. The fourth-order valence-corrected chi connectivity index (χ4v) is 13.9. The van der Waals surface area contributed by atoms with Crippen LogP contribution in [0.1, 0.15) is 450 Å². The van der Waals surface area contributed by atoms with Gasteiger partial charge in [0.15, 0.2) is 0 Å². The Balaban J connectivity index is 3.88. The summed E-state index contributed by atoms with van der Waals surface area (Å²) in [5.41, 5.74) is 0. The van der Waals surface area contributed by atoms with Gasteiger partial charge < -0.3 is 28.8 Å². The molecule has 0 spiro atoms. The summed E-state index contributed by atoms with van der Waals surface area (Å²) < 4.78 is 23.5. The zero-order valence-electron chi connectivity index (χ0n) is 61.9. The van der Waals surface area contributed by atoms with Crippen molar-refractivity contribution in [3.8, 4) is 0 Å². The number of amides is 1. The lowest BCUT2D eigenvalue weighted by Gasteiger charge is -2.29. The third kappa shape index (κ3) is 74.6. The predicted molar refractivity (Wildman–Crippen MR) is 395 cm³/mol. The Kier molecular flexibility index (Phi) is 71.9. The molecule has 8 nitrogen and oxygen atoms in total. The molecule has 3 atom stereocenters. The van der Waals surface area contributed by atoms with Crippen molar-refractivity contribution in [3.63, 3.8) is 0 Å². The first kappa shape index (κ1) is 89.2. The number of quaternary nitrogens is 1. The second-order valence-corrected chi connectivity index (χ2v) is 31.3. The molecule has 0 fully saturated rings. The molecule has 0 saturated heterocycles. The first-order chi connectivity index (χ1) is 44.0. The molecule has 0 aliphatic rings. The SMILES string of the molecule is CCCCCCCCCCCCCCCCCCCCCCCCCCCC/C=C/C(O)C(COP(=O)([O-])OCC[N+](C)(C)C)NC(=O)CCCCCCCCCCCCCCCCCCCCCCCCCCCCCCCCCCCCCCCCCC. The summed E-state index contributed by atoms with van der Waals surface area (Å²) in [6.07, 6.45) is 95.4. The van der Waals surface area contributed by atoms with Gasteiger partial charge in [-0.05, 0) is 19.3 Å². The molecule has 0 aromatic rings. The highest BCUT2D eigenvalue weighted by atomic mass is 31.2. The standard InChI is InChI=1S/C81H163N2O6P/c1-6-8-10-12-14-16-18-20-22-24-26-28-30-32-34-36-37-38-39-40-41-42-43-44-45-46-47-49-51-53-55-57-59-61-63-65-67-69-71-73-75-81(85)82-79(78-89-90(86,87)88-77-76-83(3,4)5)80(84)74-72-70-68-66-64-62-60-58-56-54-52-50-48-35-33-31-29-27-25-23-21-19-17-15-13-11-9-7-2/h72,74,79-80,84H,6-71,73,75-78H2,1-5H3,(H-,82,85,86,87)/b74-72+. The van der Waals surface area contributed by atoms with Crippen LogP contribution in [0.2, 0.25) is 0 Å². The van der Waals surface area contributed by atoms with E-state index in [4.69, 9.17) is 9.05 Å². The van der Waals surface area contributed by atoms with Crippen LogP contribution in [-0.4, -0.2) is 68.5 Å². The molecule has 0 heterocycles. The number of allylic oxidation sites excluding steroid dienone is 1. The molecule has 9 heteroatoms. The molecule has 1 amide bonds. The summed E-state index contributed by atoms with van der Waals surface area (Å²) in [6.45, 7) is 4.74. The Labute approximate surface area is 564 Å². The second kappa shape index (κ2) is 72.5. The number of likely N-dealkylation sites (N-methyl/N-ethyl adjacent to an activating group) is 1. The van der Waals surface area contributed by atoms with E-state index in [1.54, 1.807) is 6.08 Å². The first-order valence-corrected chi connectivity index (χ1v) is 42.5. The van der Waals surface area contributed by atoms with Gasteiger partial charge in [0.05, 0.1) is 39.9 Å². The largest absolute Gasteiger partial charge is 0.756 e. The quantitative estimate of drug-likeness (QED) is 0.0272. The lowest BCUT2D eigenvalue weighted by molar-refractivity contribution is -0.870. The van der Waals surface area contributed by atoms with Gasteiger partial charge in [-0.1, -0.05) is 437 Å². The number of carbonyl (C=O) groups excluding carboxylic acids is 1. The predicted octanol–water partition coefficient (Wildman–Crippen LogP) is 26.2. The lowest BCUT2D eigenvalue weighted by Crippen LogP contribution is -2.45. The van der Waals surface area contributed by atoms with Crippen LogP contribution in [0.3, 0.4) is 0 Å². The molecule has 0 rings (SSSR count). The molecule has 0 aromatic heterocycles. The molecule has 0 radical (unpaired) electrons. The third-order valence-corrected chi connectivity index (χ3v) is 20.5. The topological polar surface area (TPSA) is 108 Å². The maximum Gasteiger partial charge on any atom is 0.268 e. The number of phosphoric ester groups is 1. The molecular formula is C81H163N2O6P. The number of aliphatic hydroxyl groups is 1. The number of carbonyl (C=O) groups is 1. The van der Waals surface area contributed by atoms with Crippen LogP contribution in [0.15, 0.2) is 12.2 Å². The van der Waals surface area contributed by atoms with E-state index in [1.165, 1.54) is 392 Å². The van der Waals surface area contributed by atoms with Crippen molar-refractivity contribution in [3.05, 3.63) is 12.2 Å². The Hall–Kier alpha value is -0.760. The van der Waals surface area contributed by atoms with Crippen LogP contribution < -0.4 is 10.2 Å². The van der Waals surface area contributed by atoms with Crippen LogP contribution in [-0.2, 0) is 18.4 Å². The van der Waals surface area contributed by atoms with Gasteiger partial charge in [-0.3, -0.25) is 9.36 Å². The number of phosphoric acid groups is 1. The molecule has 90 heavy (non-hydrogen) atoms. The number of nitrogens with one attached hydrogen (secondary N) is 1. The van der Waals surface area contributed by atoms with E-state index in [1.807, 2.05) is 27.2 Å². The normalized spacial score (nSPS) is 13.5. The molecule has 0 saturated carbocycles. The zero-order chi connectivity index (χ0) is 65.5. The molecule has 2 N–H and O–H groups in total. The van der Waals surface area contributed by atoms with Crippen molar-refractivity contribution in [1.29, 1.82) is 0 Å².